The molecule has 0 atom stereocenters. The zero-order valence-corrected chi connectivity index (χ0v) is 9.39. The van der Waals surface area contributed by atoms with Gasteiger partial charge in [0.05, 0.1) is 0 Å². The summed E-state index contributed by atoms with van der Waals surface area (Å²) in [6.07, 6.45) is 3.13. The van der Waals surface area contributed by atoms with Crippen LogP contribution in [0, 0.1) is 0 Å². The van der Waals surface area contributed by atoms with Crippen LogP contribution in [0.2, 0.25) is 0 Å². The van der Waals surface area contributed by atoms with E-state index in [0.717, 1.165) is 12.8 Å². The second-order valence-corrected chi connectivity index (χ2v) is 3.52. The van der Waals surface area contributed by atoms with Crippen LogP contribution in [0.3, 0.4) is 0 Å². The molecule has 0 aromatic rings. The maximum absolute atomic E-state index is 10.2. The average molecular weight is 206 g/mol. The van der Waals surface area contributed by atoms with E-state index in [1.165, 1.54) is 0 Å². The fourth-order valence-electron chi connectivity index (χ4n) is 0.871. The van der Waals surface area contributed by atoms with Crippen LogP contribution < -0.4 is 0 Å². The third-order valence-electron chi connectivity index (χ3n) is 1.47. The minimum absolute atomic E-state index is 0.165. The predicted molar refractivity (Wildman–Crippen MR) is 53.4 cm³/mol. The van der Waals surface area contributed by atoms with Crippen LogP contribution in [0.5, 0.6) is 0 Å². The molecular formula is C9H19O3P. The number of ether oxygens (including phenoxy) is 2. The SMILES string of the molecule is CCCOC(CCP=O)OCCC. The molecule has 78 valence electrons. The molecule has 3 nitrogen and oxygen atoms in total. The summed E-state index contributed by atoms with van der Waals surface area (Å²) in [5.74, 6) is 0. The summed E-state index contributed by atoms with van der Waals surface area (Å²) in [6, 6.07) is 0. The molecule has 0 aromatic heterocycles. The van der Waals surface area contributed by atoms with Crippen LogP contribution >= 0.6 is 8.46 Å². The quantitative estimate of drug-likeness (QED) is 0.430. The molecule has 0 unspecified atom stereocenters. The van der Waals surface area contributed by atoms with E-state index < -0.39 is 0 Å². The maximum atomic E-state index is 10.2. The first-order valence-corrected chi connectivity index (χ1v) is 5.87. The zero-order valence-electron chi connectivity index (χ0n) is 8.49. The highest BCUT2D eigenvalue weighted by molar-refractivity contribution is 7.23. The van der Waals surface area contributed by atoms with Gasteiger partial charge in [0, 0.05) is 25.8 Å². The fraction of sp³-hybridized carbons (Fsp3) is 1.00. The highest BCUT2D eigenvalue weighted by atomic mass is 31.1. The minimum Gasteiger partial charge on any atom is -0.353 e. The van der Waals surface area contributed by atoms with Gasteiger partial charge in [-0.2, -0.15) is 0 Å². The monoisotopic (exact) mass is 206 g/mol. The van der Waals surface area contributed by atoms with Crippen LogP contribution in [0.15, 0.2) is 0 Å². The lowest BCUT2D eigenvalue weighted by atomic mass is 10.4. The van der Waals surface area contributed by atoms with E-state index in [2.05, 4.69) is 13.8 Å². The van der Waals surface area contributed by atoms with Crippen molar-refractivity contribution in [3.63, 3.8) is 0 Å². The molecule has 0 saturated carbocycles. The molecule has 0 saturated heterocycles. The van der Waals surface area contributed by atoms with Gasteiger partial charge in [-0.1, -0.05) is 13.8 Å². The smallest absolute Gasteiger partial charge is 0.158 e. The highest BCUT2D eigenvalue weighted by Crippen LogP contribution is 2.07. The fourth-order valence-corrected chi connectivity index (χ4v) is 1.19. The van der Waals surface area contributed by atoms with Gasteiger partial charge >= 0.3 is 0 Å². The van der Waals surface area contributed by atoms with Crippen LogP contribution in [-0.4, -0.2) is 25.7 Å². The van der Waals surface area contributed by atoms with Gasteiger partial charge in [0.1, 0.15) is 0 Å². The van der Waals surface area contributed by atoms with Crippen molar-refractivity contribution in [2.45, 2.75) is 39.4 Å². The van der Waals surface area contributed by atoms with E-state index in [1.807, 2.05) is 0 Å². The standard InChI is InChI=1S/C9H19O3P/c1-3-6-11-9(5-8-13-10)12-7-4-2/h9H,3-8H2,1-2H3. The lowest BCUT2D eigenvalue weighted by Crippen LogP contribution is -2.18. The predicted octanol–water partition coefficient (Wildman–Crippen LogP) is 2.85. The molecule has 0 aliphatic rings. The number of hydrogen-bond donors (Lipinski definition) is 0. The molecule has 0 aliphatic heterocycles. The minimum atomic E-state index is -0.165. The Labute approximate surface area is 82.0 Å². The van der Waals surface area contributed by atoms with Crippen molar-refractivity contribution in [1.82, 2.24) is 0 Å². The summed E-state index contributed by atoms with van der Waals surface area (Å²) in [4.78, 5) is 0. The zero-order chi connectivity index (χ0) is 9.94. The Hall–Kier alpha value is 0.0200. The molecule has 0 N–H and O–H groups in total. The van der Waals surface area contributed by atoms with E-state index in [1.54, 1.807) is 0 Å². The van der Waals surface area contributed by atoms with Crippen LogP contribution in [0.4, 0.5) is 0 Å². The Balaban J connectivity index is 3.52. The molecule has 0 fully saturated rings. The van der Waals surface area contributed by atoms with Crippen LogP contribution in [0.1, 0.15) is 33.1 Å². The van der Waals surface area contributed by atoms with Gasteiger partial charge in [-0.3, -0.25) is 4.57 Å². The van der Waals surface area contributed by atoms with Crippen molar-refractivity contribution in [3.8, 4) is 0 Å². The van der Waals surface area contributed by atoms with E-state index in [0.29, 0.717) is 25.8 Å². The number of hydrogen-bond acceptors (Lipinski definition) is 3. The van der Waals surface area contributed by atoms with Gasteiger partial charge in [0.25, 0.3) is 0 Å². The van der Waals surface area contributed by atoms with Crippen molar-refractivity contribution in [2.24, 2.45) is 0 Å². The molecular weight excluding hydrogens is 187 g/mol. The van der Waals surface area contributed by atoms with Gasteiger partial charge in [-0.15, -0.1) is 0 Å². The molecule has 0 aromatic carbocycles. The second kappa shape index (κ2) is 10.1. The summed E-state index contributed by atoms with van der Waals surface area (Å²) >= 11 is 0. The Morgan fingerprint density at radius 2 is 1.69 bits per heavy atom. The van der Waals surface area contributed by atoms with Gasteiger partial charge < -0.3 is 9.47 Å². The Morgan fingerprint density at radius 1 is 1.15 bits per heavy atom. The van der Waals surface area contributed by atoms with Crippen molar-refractivity contribution in [1.29, 1.82) is 0 Å². The van der Waals surface area contributed by atoms with Gasteiger partial charge in [-0.05, 0) is 12.8 Å². The summed E-state index contributed by atoms with van der Waals surface area (Å²) < 4.78 is 21.1. The normalized spacial score (nSPS) is 11.3. The van der Waals surface area contributed by atoms with Crippen LogP contribution in [0.25, 0.3) is 0 Å². The molecule has 0 aliphatic carbocycles. The summed E-state index contributed by atoms with van der Waals surface area (Å²) in [5, 5.41) is 0. The highest BCUT2D eigenvalue weighted by Gasteiger charge is 2.07. The van der Waals surface area contributed by atoms with Crippen molar-refractivity contribution in [2.75, 3.05) is 19.4 Å². The lowest BCUT2D eigenvalue weighted by molar-refractivity contribution is -0.142. The first kappa shape index (κ1) is 13.0. The third kappa shape index (κ3) is 8.35. The Bertz CT molecular complexity index is 111. The molecule has 0 rings (SSSR count). The maximum Gasteiger partial charge on any atom is 0.158 e. The second-order valence-electron chi connectivity index (χ2n) is 2.81. The van der Waals surface area contributed by atoms with Gasteiger partial charge in [0.2, 0.25) is 0 Å². The molecule has 0 amide bonds. The first-order chi connectivity index (χ1) is 6.35. The first-order valence-electron chi connectivity index (χ1n) is 4.87. The molecule has 0 spiro atoms. The molecule has 0 heterocycles. The van der Waals surface area contributed by atoms with Crippen molar-refractivity contribution < 1.29 is 14.0 Å². The topological polar surface area (TPSA) is 35.5 Å². The summed E-state index contributed by atoms with van der Waals surface area (Å²) in [6.45, 7) is 5.54. The van der Waals surface area contributed by atoms with E-state index in [9.17, 15) is 4.57 Å². The van der Waals surface area contributed by atoms with E-state index in [4.69, 9.17) is 9.47 Å². The summed E-state index contributed by atoms with van der Waals surface area (Å²) in [5.41, 5.74) is 0. The van der Waals surface area contributed by atoms with E-state index >= 15 is 0 Å². The van der Waals surface area contributed by atoms with Crippen molar-refractivity contribution >= 4 is 8.46 Å². The lowest BCUT2D eigenvalue weighted by Gasteiger charge is -2.16. The largest absolute Gasteiger partial charge is 0.353 e. The molecule has 0 bridgehead atoms. The van der Waals surface area contributed by atoms with Gasteiger partial charge in [-0.25, -0.2) is 0 Å². The molecule has 0 radical (unpaired) electrons. The number of rotatable bonds is 9. The van der Waals surface area contributed by atoms with E-state index in [-0.39, 0.29) is 14.8 Å². The Kier molecular flexibility index (Phi) is 10.1. The Morgan fingerprint density at radius 3 is 2.08 bits per heavy atom. The van der Waals surface area contributed by atoms with Crippen molar-refractivity contribution in [3.05, 3.63) is 0 Å². The van der Waals surface area contributed by atoms with Gasteiger partial charge in [0.15, 0.2) is 14.8 Å². The molecule has 13 heavy (non-hydrogen) atoms. The third-order valence-corrected chi connectivity index (χ3v) is 1.91. The average Bonchev–Trinajstić information content (AvgIpc) is 2.17. The summed E-state index contributed by atoms with van der Waals surface area (Å²) in [7, 11) is 0.169. The molecule has 4 heteroatoms. The van der Waals surface area contributed by atoms with Crippen LogP contribution in [-0.2, 0) is 14.0 Å².